The summed E-state index contributed by atoms with van der Waals surface area (Å²) in [6, 6.07) is 0. The van der Waals surface area contributed by atoms with E-state index in [1.54, 1.807) is 37.3 Å². The molecule has 0 saturated heterocycles. The van der Waals surface area contributed by atoms with Gasteiger partial charge in [-0.2, -0.15) is 21.2 Å². The van der Waals surface area contributed by atoms with Crippen molar-refractivity contribution in [1.82, 2.24) is 14.1 Å². The Morgan fingerprint density at radius 2 is 2.05 bits per heavy atom. The van der Waals surface area contributed by atoms with Crippen molar-refractivity contribution in [3.63, 3.8) is 0 Å². The van der Waals surface area contributed by atoms with Crippen LogP contribution in [0.2, 0.25) is 0 Å². The summed E-state index contributed by atoms with van der Waals surface area (Å²) >= 11 is 1.61. The van der Waals surface area contributed by atoms with Gasteiger partial charge < -0.3 is 5.11 Å². The second-order valence-corrected chi connectivity index (χ2v) is 7.59. The fourth-order valence-electron chi connectivity index (χ4n) is 1.99. The molecule has 0 amide bonds. The van der Waals surface area contributed by atoms with Crippen LogP contribution < -0.4 is 0 Å². The maximum atomic E-state index is 12.6. The molecule has 20 heavy (non-hydrogen) atoms. The molecule has 0 aliphatic carbocycles. The minimum absolute atomic E-state index is 0.0635. The first kappa shape index (κ1) is 17.5. The van der Waals surface area contributed by atoms with Crippen molar-refractivity contribution in [3.05, 3.63) is 11.4 Å². The molecule has 116 valence electrons. The van der Waals surface area contributed by atoms with Gasteiger partial charge in [0.1, 0.15) is 4.90 Å². The van der Waals surface area contributed by atoms with Gasteiger partial charge in [-0.1, -0.05) is 0 Å². The number of rotatable bonds is 8. The van der Waals surface area contributed by atoms with Gasteiger partial charge in [0, 0.05) is 32.5 Å². The Morgan fingerprint density at radius 3 is 2.60 bits per heavy atom. The Balaban J connectivity index is 3.09. The lowest BCUT2D eigenvalue weighted by molar-refractivity contribution is 0.276. The largest absolute Gasteiger partial charge is 0.396 e. The zero-order chi connectivity index (χ0) is 15.3. The smallest absolute Gasteiger partial charge is 0.246 e. The predicted octanol–water partition coefficient (Wildman–Crippen LogP) is 0.866. The standard InChI is InChI=1S/C12H23N3O3S2/c1-10-12(11(2)15(13-10)6-5-8-16)20(17,18)14(3)7-9-19-4/h16H,5-9H2,1-4H3. The molecule has 0 unspecified atom stereocenters. The Bertz CT molecular complexity index is 540. The number of hydrogen-bond donors (Lipinski definition) is 1. The fraction of sp³-hybridized carbons (Fsp3) is 0.750. The molecule has 8 heteroatoms. The molecule has 1 aromatic heterocycles. The van der Waals surface area contributed by atoms with E-state index >= 15 is 0 Å². The number of nitrogens with zero attached hydrogens (tertiary/aromatic N) is 3. The molecule has 0 radical (unpaired) electrons. The third-order valence-corrected chi connectivity index (χ3v) is 5.82. The monoisotopic (exact) mass is 321 g/mol. The highest BCUT2D eigenvalue weighted by Crippen LogP contribution is 2.23. The van der Waals surface area contributed by atoms with E-state index in [-0.39, 0.29) is 6.61 Å². The predicted molar refractivity (Wildman–Crippen MR) is 81.6 cm³/mol. The summed E-state index contributed by atoms with van der Waals surface area (Å²) in [5, 5.41) is 13.1. The summed E-state index contributed by atoms with van der Waals surface area (Å²) in [6.45, 7) is 4.52. The normalized spacial score (nSPS) is 12.3. The SMILES string of the molecule is CSCCN(C)S(=O)(=O)c1c(C)nn(CCCO)c1C. The molecule has 0 aliphatic heterocycles. The quantitative estimate of drug-likeness (QED) is 0.769. The van der Waals surface area contributed by atoms with E-state index in [1.807, 2.05) is 6.26 Å². The van der Waals surface area contributed by atoms with Gasteiger partial charge in [-0.3, -0.25) is 4.68 Å². The second kappa shape index (κ2) is 7.44. The summed E-state index contributed by atoms with van der Waals surface area (Å²) in [5.74, 6) is 0.756. The highest BCUT2D eigenvalue weighted by Gasteiger charge is 2.28. The highest BCUT2D eigenvalue weighted by atomic mass is 32.2. The first-order chi connectivity index (χ1) is 9.36. The minimum Gasteiger partial charge on any atom is -0.396 e. The zero-order valence-corrected chi connectivity index (χ0v) is 14.1. The van der Waals surface area contributed by atoms with Gasteiger partial charge in [0.25, 0.3) is 0 Å². The van der Waals surface area contributed by atoms with Gasteiger partial charge in [0.2, 0.25) is 10.0 Å². The van der Waals surface area contributed by atoms with Gasteiger partial charge >= 0.3 is 0 Å². The van der Waals surface area contributed by atoms with Crippen LogP contribution in [0.5, 0.6) is 0 Å². The Kier molecular flexibility index (Phi) is 6.50. The van der Waals surface area contributed by atoms with E-state index < -0.39 is 10.0 Å². The summed E-state index contributed by atoms with van der Waals surface area (Å²) in [7, 11) is -1.91. The van der Waals surface area contributed by atoms with Crippen molar-refractivity contribution in [1.29, 1.82) is 0 Å². The molecule has 1 heterocycles. The van der Waals surface area contributed by atoms with Crippen LogP contribution in [0, 0.1) is 13.8 Å². The van der Waals surface area contributed by atoms with Crippen LogP contribution in [-0.2, 0) is 16.6 Å². The summed E-state index contributed by atoms with van der Waals surface area (Å²) in [6.07, 6.45) is 2.51. The molecular formula is C12H23N3O3S2. The lowest BCUT2D eigenvalue weighted by Gasteiger charge is -2.16. The lowest BCUT2D eigenvalue weighted by Crippen LogP contribution is -2.29. The molecule has 6 nitrogen and oxygen atoms in total. The van der Waals surface area contributed by atoms with Gasteiger partial charge in [0.15, 0.2) is 0 Å². The third kappa shape index (κ3) is 3.75. The molecule has 0 spiro atoms. The second-order valence-electron chi connectivity index (χ2n) is 4.62. The van der Waals surface area contributed by atoms with E-state index in [0.29, 0.717) is 35.8 Å². The number of aromatic nitrogens is 2. The molecule has 0 aromatic carbocycles. The highest BCUT2D eigenvalue weighted by molar-refractivity contribution is 7.98. The van der Waals surface area contributed by atoms with Crippen LogP contribution >= 0.6 is 11.8 Å². The third-order valence-electron chi connectivity index (χ3n) is 3.12. The van der Waals surface area contributed by atoms with Crippen LogP contribution in [0.1, 0.15) is 17.8 Å². The molecule has 0 fully saturated rings. The van der Waals surface area contributed by atoms with Crippen LogP contribution in [0.15, 0.2) is 4.90 Å². The minimum atomic E-state index is -3.50. The van der Waals surface area contributed by atoms with Crippen molar-refractivity contribution in [2.24, 2.45) is 0 Å². The molecule has 1 rings (SSSR count). The molecule has 1 N–H and O–H groups in total. The molecular weight excluding hydrogens is 298 g/mol. The van der Waals surface area contributed by atoms with Crippen molar-refractivity contribution < 1.29 is 13.5 Å². The summed E-state index contributed by atoms with van der Waals surface area (Å²) in [5.41, 5.74) is 1.14. The Labute approximate surface area is 125 Å². The molecule has 1 aromatic rings. The van der Waals surface area contributed by atoms with Crippen molar-refractivity contribution in [2.45, 2.75) is 31.7 Å². The van der Waals surface area contributed by atoms with Crippen molar-refractivity contribution in [3.8, 4) is 0 Å². The fourth-order valence-corrected chi connectivity index (χ4v) is 4.10. The maximum absolute atomic E-state index is 12.6. The van der Waals surface area contributed by atoms with E-state index in [1.165, 1.54) is 4.31 Å². The van der Waals surface area contributed by atoms with E-state index in [2.05, 4.69) is 5.10 Å². The number of aliphatic hydroxyl groups is 1. The van der Waals surface area contributed by atoms with Crippen molar-refractivity contribution in [2.75, 3.05) is 32.2 Å². The summed E-state index contributed by atoms with van der Waals surface area (Å²) < 4.78 is 28.2. The number of aliphatic hydroxyl groups excluding tert-OH is 1. The van der Waals surface area contributed by atoms with Crippen molar-refractivity contribution >= 4 is 21.8 Å². The average Bonchev–Trinajstić information content (AvgIpc) is 2.68. The molecule has 0 aliphatic rings. The van der Waals surface area contributed by atoms with E-state index in [0.717, 1.165) is 5.75 Å². The Hall–Kier alpha value is -0.570. The van der Waals surface area contributed by atoms with Crippen LogP contribution in [0.3, 0.4) is 0 Å². The molecule has 0 atom stereocenters. The van der Waals surface area contributed by atoms with Gasteiger partial charge in [-0.05, 0) is 26.5 Å². The summed E-state index contributed by atoms with van der Waals surface area (Å²) in [4.78, 5) is 0.291. The van der Waals surface area contributed by atoms with E-state index in [4.69, 9.17) is 5.11 Å². The first-order valence-electron chi connectivity index (χ1n) is 6.46. The van der Waals surface area contributed by atoms with Crippen LogP contribution in [-0.4, -0.2) is 59.8 Å². The average molecular weight is 321 g/mol. The van der Waals surface area contributed by atoms with Gasteiger partial charge in [-0.15, -0.1) is 0 Å². The molecule has 0 bridgehead atoms. The van der Waals surface area contributed by atoms with Gasteiger partial charge in [0.05, 0.1) is 11.4 Å². The van der Waals surface area contributed by atoms with Gasteiger partial charge in [-0.25, -0.2) is 8.42 Å². The lowest BCUT2D eigenvalue weighted by atomic mass is 10.4. The number of aryl methyl sites for hydroxylation is 2. The maximum Gasteiger partial charge on any atom is 0.246 e. The van der Waals surface area contributed by atoms with E-state index in [9.17, 15) is 8.42 Å². The molecule has 0 saturated carbocycles. The van der Waals surface area contributed by atoms with Crippen LogP contribution in [0.25, 0.3) is 0 Å². The van der Waals surface area contributed by atoms with Crippen LogP contribution in [0.4, 0.5) is 0 Å². The number of hydrogen-bond acceptors (Lipinski definition) is 5. The number of sulfonamides is 1. The topological polar surface area (TPSA) is 75.4 Å². The zero-order valence-electron chi connectivity index (χ0n) is 12.5. The number of thioether (sulfide) groups is 1. The first-order valence-corrected chi connectivity index (χ1v) is 9.29. The Morgan fingerprint density at radius 1 is 1.40 bits per heavy atom.